The number of hydrogen-bond donors (Lipinski definition) is 3. The molecule has 3 N–H and O–H groups in total. The summed E-state index contributed by atoms with van der Waals surface area (Å²) in [7, 11) is 1.44. The van der Waals surface area contributed by atoms with E-state index < -0.39 is 6.10 Å². The minimum absolute atomic E-state index is 0. The number of methoxy groups -OCH3 is 1. The number of fused-ring (bicyclic) bond motifs is 1. The molecule has 2 aromatic rings. The first-order chi connectivity index (χ1) is 10.5. The van der Waals surface area contributed by atoms with E-state index in [1.807, 2.05) is 0 Å². The molecule has 3 rings (SSSR count). The second-order valence-corrected chi connectivity index (χ2v) is 5.00. The van der Waals surface area contributed by atoms with Crippen molar-refractivity contribution in [1.82, 2.24) is 0 Å². The van der Waals surface area contributed by atoms with E-state index in [-0.39, 0.29) is 68.1 Å². The Balaban J connectivity index is 0.00000192. The van der Waals surface area contributed by atoms with Gasteiger partial charge >= 0.3 is 0 Å². The topological polar surface area (TPSA) is 96.2 Å². The number of aromatic hydroxyl groups is 3. The molecule has 118 valence electrons. The first-order valence-corrected chi connectivity index (χ1v) is 6.62. The Hall–Kier alpha value is -1.97. The maximum absolute atomic E-state index is 12.2. The molecule has 4 radical (unpaired) electrons. The Morgan fingerprint density at radius 1 is 1.13 bits per heavy atom. The number of ketones is 1. The Morgan fingerprint density at radius 2 is 1.87 bits per heavy atom. The molecular weight excluding hydrogens is 495 g/mol. The SMILES string of the molecule is COc1ccc(C2CC(=O)c3c(O)cc(O)cc3O2)cc1O.[Pb]. The maximum Gasteiger partial charge on any atom is 0.174 e. The fraction of sp³-hybridized carbons (Fsp3) is 0.188. The van der Waals surface area contributed by atoms with Crippen LogP contribution in [-0.4, -0.2) is 55.5 Å². The maximum atomic E-state index is 12.2. The van der Waals surface area contributed by atoms with Crippen LogP contribution in [0.15, 0.2) is 30.3 Å². The zero-order chi connectivity index (χ0) is 15.9. The molecule has 23 heavy (non-hydrogen) atoms. The van der Waals surface area contributed by atoms with E-state index in [0.717, 1.165) is 6.07 Å². The predicted molar refractivity (Wildman–Crippen MR) is 82.5 cm³/mol. The van der Waals surface area contributed by atoms with Gasteiger partial charge in [-0.25, -0.2) is 0 Å². The molecule has 7 heteroatoms. The fourth-order valence-electron chi connectivity index (χ4n) is 2.52. The van der Waals surface area contributed by atoms with Crippen LogP contribution in [0, 0.1) is 0 Å². The van der Waals surface area contributed by atoms with Crippen LogP contribution < -0.4 is 9.47 Å². The van der Waals surface area contributed by atoms with E-state index in [9.17, 15) is 20.1 Å². The van der Waals surface area contributed by atoms with E-state index >= 15 is 0 Å². The van der Waals surface area contributed by atoms with Gasteiger partial charge in [0.05, 0.1) is 13.5 Å². The molecule has 6 nitrogen and oxygen atoms in total. The van der Waals surface area contributed by atoms with Crippen LogP contribution in [0.2, 0.25) is 0 Å². The van der Waals surface area contributed by atoms with Crippen molar-refractivity contribution in [1.29, 1.82) is 0 Å². The third-order valence-corrected chi connectivity index (χ3v) is 3.56. The summed E-state index contributed by atoms with van der Waals surface area (Å²) in [5.74, 6) is -0.409. The zero-order valence-corrected chi connectivity index (χ0v) is 16.1. The Labute approximate surface area is 152 Å². The summed E-state index contributed by atoms with van der Waals surface area (Å²) in [6.45, 7) is 0. The minimum Gasteiger partial charge on any atom is -0.508 e. The molecule has 0 fully saturated rings. The minimum atomic E-state index is -0.613. The first-order valence-electron chi connectivity index (χ1n) is 6.62. The standard InChI is InChI=1S/C16H14O6.Pb/c1-21-13-3-2-8(4-10(13)18)14-7-12(20)16-11(19)5-9(17)6-15(16)22-14;/h2-6,14,17-19H,7H2,1H3;. The summed E-state index contributed by atoms with van der Waals surface area (Å²) >= 11 is 0. The van der Waals surface area contributed by atoms with Gasteiger partial charge in [0.25, 0.3) is 0 Å². The molecule has 0 bridgehead atoms. The summed E-state index contributed by atoms with van der Waals surface area (Å²) in [5.41, 5.74) is 0.659. The third-order valence-electron chi connectivity index (χ3n) is 3.56. The Bertz CT molecular complexity index is 758. The number of phenols is 3. The van der Waals surface area contributed by atoms with Crippen molar-refractivity contribution in [3.63, 3.8) is 0 Å². The van der Waals surface area contributed by atoms with Crippen LogP contribution in [0.25, 0.3) is 0 Å². The number of ether oxygens (including phenoxy) is 2. The molecule has 2 aromatic carbocycles. The van der Waals surface area contributed by atoms with Crippen LogP contribution in [0.5, 0.6) is 28.7 Å². The van der Waals surface area contributed by atoms with Gasteiger partial charge < -0.3 is 24.8 Å². The quantitative estimate of drug-likeness (QED) is 0.537. The van der Waals surface area contributed by atoms with Gasteiger partial charge in [0, 0.05) is 39.4 Å². The van der Waals surface area contributed by atoms with Gasteiger partial charge in [-0.15, -0.1) is 0 Å². The number of benzene rings is 2. The number of carbonyl (C=O) groups is 1. The van der Waals surface area contributed by atoms with Gasteiger partial charge in [-0.2, -0.15) is 0 Å². The summed E-state index contributed by atoms with van der Waals surface area (Å²) in [6, 6.07) is 7.10. The van der Waals surface area contributed by atoms with E-state index in [0.29, 0.717) is 11.3 Å². The molecule has 1 atom stereocenters. The smallest absolute Gasteiger partial charge is 0.174 e. The average molecular weight is 509 g/mol. The van der Waals surface area contributed by atoms with Crippen LogP contribution in [-0.2, 0) is 0 Å². The third kappa shape index (κ3) is 3.21. The van der Waals surface area contributed by atoms with Crippen molar-refractivity contribution in [2.24, 2.45) is 0 Å². The summed E-state index contributed by atoms with van der Waals surface area (Å²) in [4.78, 5) is 12.2. The molecule has 0 spiro atoms. The molecule has 0 amide bonds. The van der Waals surface area contributed by atoms with E-state index in [4.69, 9.17) is 9.47 Å². The molecule has 1 aliphatic heterocycles. The van der Waals surface area contributed by atoms with E-state index in [2.05, 4.69) is 0 Å². The summed E-state index contributed by atoms with van der Waals surface area (Å²) < 4.78 is 10.7. The Kier molecular flexibility index (Phi) is 5.03. The molecular formula is C16H14O6Pb. The van der Waals surface area contributed by atoms with Gasteiger partial charge in [0.1, 0.15) is 28.9 Å². The van der Waals surface area contributed by atoms with Crippen LogP contribution >= 0.6 is 0 Å². The van der Waals surface area contributed by atoms with Gasteiger partial charge in [-0.05, 0) is 17.7 Å². The summed E-state index contributed by atoms with van der Waals surface area (Å²) in [5, 5.41) is 29.1. The predicted octanol–water partition coefficient (Wildman–Crippen LogP) is 2.14. The van der Waals surface area contributed by atoms with Gasteiger partial charge in [-0.3, -0.25) is 4.79 Å². The normalized spacial score (nSPS) is 16.0. The van der Waals surface area contributed by atoms with Crippen molar-refractivity contribution in [3.05, 3.63) is 41.5 Å². The second-order valence-electron chi connectivity index (χ2n) is 5.00. The van der Waals surface area contributed by atoms with Crippen molar-refractivity contribution in [2.45, 2.75) is 12.5 Å². The number of carbonyl (C=O) groups excluding carboxylic acids is 1. The van der Waals surface area contributed by atoms with Crippen LogP contribution in [0.1, 0.15) is 28.4 Å². The molecule has 0 aromatic heterocycles. The second kappa shape index (κ2) is 6.65. The number of hydrogen-bond acceptors (Lipinski definition) is 6. The van der Waals surface area contributed by atoms with Gasteiger partial charge in [-0.1, -0.05) is 6.07 Å². The van der Waals surface area contributed by atoms with E-state index in [1.54, 1.807) is 12.1 Å². The van der Waals surface area contributed by atoms with Crippen molar-refractivity contribution in [2.75, 3.05) is 7.11 Å². The van der Waals surface area contributed by atoms with Gasteiger partial charge in [0.15, 0.2) is 17.3 Å². The largest absolute Gasteiger partial charge is 0.508 e. The van der Waals surface area contributed by atoms with Gasteiger partial charge in [0.2, 0.25) is 0 Å². The fourth-order valence-corrected chi connectivity index (χ4v) is 2.52. The Morgan fingerprint density at radius 3 is 2.52 bits per heavy atom. The monoisotopic (exact) mass is 510 g/mol. The van der Waals surface area contributed by atoms with Crippen LogP contribution in [0.3, 0.4) is 0 Å². The van der Waals surface area contributed by atoms with Crippen molar-refractivity contribution >= 4 is 33.1 Å². The number of rotatable bonds is 2. The molecule has 0 saturated heterocycles. The number of phenolic OH excluding ortho intramolecular Hbond substituents is 3. The molecule has 1 aliphatic rings. The molecule has 0 aliphatic carbocycles. The zero-order valence-electron chi connectivity index (χ0n) is 12.2. The van der Waals surface area contributed by atoms with Crippen molar-refractivity contribution in [3.8, 4) is 28.7 Å². The summed E-state index contributed by atoms with van der Waals surface area (Å²) in [6.07, 6.45) is -0.588. The number of Topliss-reactive ketones (excluding diaryl/α,β-unsaturated/α-hetero) is 1. The van der Waals surface area contributed by atoms with Crippen molar-refractivity contribution < 1.29 is 29.6 Å². The first kappa shape index (κ1) is 17.4. The molecule has 1 heterocycles. The molecule has 0 saturated carbocycles. The van der Waals surface area contributed by atoms with Crippen LogP contribution in [0.4, 0.5) is 0 Å². The average Bonchev–Trinajstić information content (AvgIpc) is 2.45. The van der Waals surface area contributed by atoms with E-state index in [1.165, 1.54) is 19.2 Å². The molecule has 1 unspecified atom stereocenters.